The molecule has 0 aliphatic carbocycles. The minimum Gasteiger partial charge on any atom is -0.378 e. The SMILES string of the molecule is O=C(c1cc2sccc2n1Cc1cccc(Cl)c1)N1CCOCC1. The van der Waals surface area contributed by atoms with Gasteiger partial charge in [-0.3, -0.25) is 4.79 Å². The highest BCUT2D eigenvalue weighted by atomic mass is 35.5. The van der Waals surface area contributed by atoms with Gasteiger partial charge < -0.3 is 14.2 Å². The van der Waals surface area contributed by atoms with Crippen molar-refractivity contribution in [2.75, 3.05) is 26.3 Å². The van der Waals surface area contributed by atoms with Gasteiger partial charge in [-0.1, -0.05) is 23.7 Å². The van der Waals surface area contributed by atoms with Crippen LogP contribution >= 0.6 is 22.9 Å². The molecule has 6 heteroatoms. The maximum atomic E-state index is 13.0. The van der Waals surface area contributed by atoms with Crippen molar-refractivity contribution in [1.29, 1.82) is 0 Å². The van der Waals surface area contributed by atoms with Crippen LogP contribution in [0.2, 0.25) is 5.02 Å². The molecule has 24 heavy (non-hydrogen) atoms. The van der Waals surface area contributed by atoms with Crippen molar-refractivity contribution >= 4 is 39.1 Å². The molecule has 0 atom stereocenters. The Morgan fingerprint density at radius 1 is 1.21 bits per heavy atom. The first-order valence-corrected chi connectivity index (χ1v) is 9.16. The van der Waals surface area contributed by atoms with Crippen LogP contribution in [0.25, 0.3) is 10.2 Å². The summed E-state index contributed by atoms with van der Waals surface area (Å²) in [6, 6.07) is 11.9. The largest absolute Gasteiger partial charge is 0.378 e. The molecule has 1 aromatic carbocycles. The molecule has 4 rings (SSSR count). The smallest absolute Gasteiger partial charge is 0.270 e. The van der Waals surface area contributed by atoms with Crippen LogP contribution in [0.5, 0.6) is 0 Å². The summed E-state index contributed by atoms with van der Waals surface area (Å²) in [6.07, 6.45) is 0. The molecule has 1 amide bonds. The minimum absolute atomic E-state index is 0.0729. The first-order chi connectivity index (χ1) is 11.7. The zero-order valence-corrected chi connectivity index (χ0v) is 14.6. The highest BCUT2D eigenvalue weighted by molar-refractivity contribution is 7.17. The Kier molecular flexibility index (Phi) is 4.31. The van der Waals surface area contributed by atoms with Gasteiger partial charge in [0.15, 0.2) is 0 Å². The molecule has 0 radical (unpaired) electrons. The van der Waals surface area contributed by atoms with Crippen LogP contribution in [0.3, 0.4) is 0 Å². The van der Waals surface area contributed by atoms with E-state index in [1.807, 2.05) is 35.2 Å². The molecule has 0 saturated carbocycles. The van der Waals surface area contributed by atoms with E-state index < -0.39 is 0 Å². The van der Waals surface area contributed by atoms with Crippen LogP contribution in [-0.4, -0.2) is 41.7 Å². The summed E-state index contributed by atoms with van der Waals surface area (Å²) in [7, 11) is 0. The monoisotopic (exact) mass is 360 g/mol. The molecule has 0 N–H and O–H groups in total. The van der Waals surface area contributed by atoms with Gasteiger partial charge in [0.25, 0.3) is 5.91 Å². The highest BCUT2D eigenvalue weighted by Crippen LogP contribution is 2.27. The number of morpholine rings is 1. The van der Waals surface area contributed by atoms with Crippen molar-refractivity contribution in [3.05, 3.63) is 58.1 Å². The molecule has 0 unspecified atom stereocenters. The Morgan fingerprint density at radius 2 is 2.04 bits per heavy atom. The molecule has 2 aromatic heterocycles. The van der Waals surface area contributed by atoms with Gasteiger partial charge in [-0.15, -0.1) is 11.3 Å². The van der Waals surface area contributed by atoms with Crippen molar-refractivity contribution in [3.8, 4) is 0 Å². The summed E-state index contributed by atoms with van der Waals surface area (Å²) < 4.78 is 8.58. The first-order valence-electron chi connectivity index (χ1n) is 7.90. The molecule has 124 valence electrons. The molecular formula is C18H17ClN2O2S. The van der Waals surface area contributed by atoms with E-state index in [0.29, 0.717) is 37.9 Å². The van der Waals surface area contributed by atoms with E-state index in [1.165, 1.54) is 0 Å². The summed E-state index contributed by atoms with van der Waals surface area (Å²) in [6.45, 7) is 3.14. The van der Waals surface area contributed by atoms with Gasteiger partial charge >= 0.3 is 0 Å². The normalized spacial score (nSPS) is 15.1. The fourth-order valence-electron chi connectivity index (χ4n) is 3.07. The molecule has 1 aliphatic heterocycles. The topological polar surface area (TPSA) is 34.5 Å². The quantitative estimate of drug-likeness (QED) is 0.710. The number of carbonyl (C=O) groups is 1. The van der Waals surface area contributed by atoms with Crippen molar-refractivity contribution in [2.24, 2.45) is 0 Å². The summed E-state index contributed by atoms with van der Waals surface area (Å²) in [4.78, 5) is 14.8. The van der Waals surface area contributed by atoms with E-state index >= 15 is 0 Å². The minimum atomic E-state index is 0.0729. The lowest BCUT2D eigenvalue weighted by Gasteiger charge is -2.27. The van der Waals surface area contributed by atoms with Gasteiger partial charge in [0.1, 0.15) is 5.69 Å². The zero-order valence-electron chi connectivity index (χ0n) is 13.1. The van der Waals surface area contributed by atoms with Crippen molar-refractivity contribution in [1.82, 2.24) is 9.47 Å². The Morgan fingerprint density at radius 3 is 2.83 bits per heavy atom. The Balaban J connectivity index is 1.72. The summed E-state index contributed by atoms with van der Waals surface area (Å²) in [5.41, 5.74) is 2.91. The molecule has 1 fully saturated rings. The van der Waals surface area contributed by atoms with Crippen LogP contribution in [0.1, 0.15) is 16.1 Å². The number of halogens is 1. The Labute approximate surface area is 149 Å². The fraction of sp³-hybridized carbons (Fsp3) is 0.278. The molecular weight excluding hydrogens is 344 g/mol. The fourth-order valence-corrected chi connectivity index (χ4v) is 4.11. The third-order valence-electron chi connectivity index (χ3n) is 4.27. The summed E-state index contributed by atoms with van der Waals surface area (Å²) in [5, 5.41) is 2.77. The lowest BCUT2D eigenvalue weighted by atomic mass is 10.2. The van der Waals surface area contributed by atoms with Crippen molar-refractivity contribution < 1.29 is 9.53 Å². The molecule has 0 spiro atoms. The second-order valence-electron chi connectivity index (χ2n) is 5.82. The predicted molar refractivity (Wildman–Crippen MR) is 97.1 cm³/mol. The van der Waals surface area contributed by atoms with Gasteiger partial charge in [0, 0.05) is 24.7 Å². The number of rotatable bonds is 3. The molecule has 4 nitrogen and oxygen atoms in total. The van der Waals surface area contributed by atoms with E-state index in [2.05, 4.69) is 16.0 Å². The van der Waals surface area contributed by atoms with Crippen LogP contribution in [0, 0.1) is 0 Å². The van der Waals surface area contributed by atoms with Crippen LogP contribution in [0.4, 0.5) is 0 Å². The number of amides is 1. The number of aromatic nitrogens is 1. The number of ether oxygens (including phenoxy) is 1. The molecule has 0 bridgehead atoms. The number of carbonyl (C=O) groups excluding carboxylic acids is 1. The number of thiophene rings is 1. The summed E-state index contributed by atoms with van der Waals surface area (Å²) >= 11 is 7.77. The van der Waals surface area contributed by atoms with Crippen molar-refractivity contribution in [3.63, 3.8) is 0 Å². The van der Waals surface area contributed by atoms with E-state index in [0.717, 1.165) is 21.5 Å². The maximum Gasteiger partial charge on any atom is 0.270 e. The summed E-state index contributed by atoms with van der Waals surface area (Å²) in [5.74, 6) is 0.0729. The van der Waals surface area contributed by atoms with E-state index in [9.17, 15) is 4.79 Å². The number of hydrogen-bond donors (Lipinski definition) is 0. The van der Waals surface area contributed by atoms with Gasteiger partial charge in [-0.25, -0.2) is 0 Å². The number of benzene rings is 1. The lowest BCUT2D eigenvalue weighted by Crippen LogP contribution is -2.41. The number of fused-ring (bicyclic) bond motifs is 1. The van der Waals surface area contributed by atoms with Crippen LogP contribution in [-0.2, 0) is 11.3 Å². The number of hydrogen-bond acceptors (Lipinski definition) is 3. The van der Waals surface area contributed by atoms with Gasteiger partial charge in [-0.2, -0.15) is 0 Å². The van der Waals surface area contributed by atoms with Crippen molar-refractivity contribution in [2.45, 2.75) is 6.54 Å². The van der Waals surface area contributed by atoms with E-state index in [4.69, 9.17) is 16.3 Å². The number of nitrogens with zero attached hydrogens (tertiary/aromatic N) is 2. The maximum absolute atomic E-state index is 13.0. The first kappa shape index (κ1) is 15.7. The zero-order chi connectivity index (χ0) is 16.5. The third-order valence-corrected chi connectivity index (χ3v) is 5.36. The Bertz CT molecular complexity index is 880. The molecule has 3 aromatic rings. The molecule has 1 saturated heterocycles. The highest BCUT2D eigenvalue weighted by Gasteiger charge is 2.23. The standard InChI is InChI=1S/C18H17ClN2O2S/c19-14-3-1-2-13(10-14)12-21-15-4-9-24-17(15)11-16(21)18(22)20-5-7-23-8-6-20/h1-4,9-11H,5-8,12H2. The van der Waals surface area contributed by atoms with Gasteiger partial charge in [-0.05, 0) is 35.2 Å². The van der Waals surface area contributed by atoms with Crippen LogP contribution < -0.4 is 0 Å². The lowest BCUT2D eigenvalue weighted by molar-refractivity contribution is 0.0296. The Hall–Kier alpha value is -1.82. The average molecular weight is 361 g/mol. The second kappa shape index (κ2) is 6.59. The van der Waals surface area contributed by atoms with E-state index in [-0.39, 0.29) is 5.91 Å². The van der Waals surface area contributed by atoms with Crippen LogP contribution in [0.15, 0.2) is 41.8 Å². The average Bonchev–Trinajstić information content (AvgIpc) is 3.18. The molecule has 1 aliphatic rings. The van der Waals surface area contributed by atoms with Gasteiger partial charge in [0.05, 0.1) is 23.4 Å². The van der Waals surface area contributed by atoms with E-state index in [1.54, 1.807) is 11.3 Å². The van der Waals surface area contributed by atoms with Gasteiger partial charge in [0.2, 0.25) is 0 Å². The second-order valence-corrected chi connectivity index (χ2v) is 7.20. The molecule has 3 heterocycles. The third kappa shape index (κ3) is 2.95. The predicted octanol–water partition coefficient (Wildman–Crippen LogP) is 3.88.